The average Bonchev–Trinajstić information content (AvgIpc) is 3.37. The highest BCUT2D eigenvalue weighted by atomic mass is 32.2. The van der Waals surface area contributed by atoms with E-state index in [2.05, 4.69) is 6.07 Å². The van der Waals surface area contributed by atoms with Gasteiger partial charge in [0.05, 0.1) is 49.8 Å². The Kier molecular flexibility index (Phi) is 8.63. The molecule has 6 rings (SSSR count). The molecular formula is C34H36N4O5S. The summed E-state index contributed by atoms with van der Waals surface area (Å²) in [6.45, 7) is 5.95. The number of methoxy groups -OCH3 is 2. The molecule has 3 heterocycles. The summed E-state index contributed by atoms with van der Waals surface area (Å²) in [5.74, 6) is 1.83. The molecule has 44 heavy (non-hydrogen) atoms. The zero-order valence-corrected chi connectivity index (χ0v) is 26.2. The van der Waals surface area contributed by atoms with E-state index < -0.39 is 0 Å². The van der Waals surface area contributed by atoms with Crippen molar-refractivity contribution in [1.29, 1.82) is 0 Å². The normalized spacial score (nSPS) is 16.8. The smallest absolute Gasteiger partial charge is 0.242 e. The third-order valence-corrected chi connectivity index (χ3v) is 9.33. The van der Waals surface area contributed by atoms with Crippen LogP contribution in [0.4, 0.5) is 5.82 Å². The highest BCUT2D eigenvalue weighted by Gasteiger charge is 2.39. The highest BCUT2D eigenvalue weighted by Crippen LogP contribution is 2.51. The highest BCUT2D eigenvalue weighted by molar-refractivity contribution is 8.00. The maximum atomic E-state index is 14.1. The summed E-state index contributed by atoms with van der Waals surface area (Å²) in [5.41, 5.74) is 6.33. The van der Waals surface area contributed by atoms with Gasteiger partial charge in [-0.05, 0) is 43.7 Å². The molecule has 10 heteroatoms. The van der Waals surface area contributed by atoms with Crippen LogP contribution in [0, 0.1) is 13.8 Å². The van der Waals surface area contributed by atoms with E-state index in [1.165, 1.54) is 11.8 Å². The molecule has 9 nitrogen and oxygen atoms in total. The summed E-state index contributed by atoms with van der Waals surface area (Å²) in [7, 11) is 3.27. The van der Waals surface area contributed by atoms with E-state index in [4.69, 9.17) is 19.3 Å². The van der Waals surface area contributed by atoms with E-state index in [1.807, 2.05) is 79.2 Å². The van der Waals surface area contributed by atoms with Crippen LogP contribution in [0.1, 0.15) is 27.5 Å². The first-order chi connectivity index (χ1) is 21.4. The molecule has 0 N–H and O–H groups in total. The van der Waals surface area contributed by atoms with Gasteiger partial charge in [0.15, 0.2) is 0 Å². The minimum absolute atomic E-state index is 0.0980. The number of fused-ring (bicyclic) bond motifs is 1. The molecule has 0 bridgehead atoms. The Bertz CT molecular complexity index is 1680. The summed E-state index contributed by atoms with van der Waals surface area (Å²) in [5, 5.41) is 4.89. The quantitative estimate of drug-likeness (QED) is 0.284. The molecule has 2 aliphatic heterocycles. The van der Waals surface area contributed by atoms with Gasteiger partial charge in [-0.2, -0.15) is 5.10 Å². The molecule has 1 atom stereocenters. The van der Waals surface area contributed by atoms with Crippen molar-refractivity contribution in [3.63, 3.8) is 0 Å². The lowest BCUT2D eigenvalue weighted by molar-refractivity contribution is -0.134. The maximum Gasteiger partial charge on any atom is 0.242 e. The molecule has 3 aromatic carbocycles. The summed E-state index contributed by atoms with van der Waals surface area (Å²) in [4.78, 5) is 31.2. The van der Waals surface area contributed by atoms with Crippen molar-refractivity contribution in [3.05, 3.63) is 89.0 Å². The third kappa shape index (κ3) is 5.67. The number of nitrogens with zero attached hydrogens (tertiary/aromatic N) is 4. The van der Waals surface area contributed by atoms with Gasteiger partial charge >= 0.3 is 0 Å². The predicted octanol–water partition coefficient (Wildman–Crippen LogP) is 5.20. The fraction of sp³-hybridized carbons (Fsp3) is 0.324. The number of thioether (sulfide) groups is 1. The monoisotopic (exact) mass is 612 g/mol. The van der Waals surface area contributed by atoms with Gasteiger partial charge in [0.2, 0.25) is 11.8 Å². The molecule has 4 aromatic rings. The van der Waals surface area contributed by atoms with Gasteiger partial charge in [0, 0.05) is 29.8 Å². The number of benzene rings is 3. The van der Waals surface area contributed by atoms with Crippen LogP contribution in [0.25, 0.3) is 16.9 Å². The molecule has 0 spiro atoms. The predicted molar refractivity (Wildman–Crippen MR) is 172 cm³/mol. The van der Waals surface area contributed by atoms with Crippen LogP contribution < -0.4 is 14.4 Å². The number of hydrogen-bond donors (Lipinski definition) is 0. The molecule has 1 aromatic heterocycles. The minimum Gasteiger partial charge on any atom is -0.497 e. The second kappa shape index (κ2) is 12.8. The van der Waals surface area contributed by atoms with E-state index in [0.717, 1.165) is 39.2 Å². The first-order valence-electron chi connectivity index (χ1n) is 14.6. The van der Waals surface area contributed by atoms with Crippen LogP contribution in [0.3, 0.4) is 0 Å². The number of aromatic nitrogens is 2. The van der Waals surface area contributed by atoms with Crippen LogP contribution in [0.2, 0.25) is 0 Å². The molecule has 1 fully saturated rings. The number of amides is 2. The molecule has 1 saturated heterocycles. The average molecular weight is 613 g/mol. The Morgan fingerprint density at radius 1 is 1.00 bits per heavy atom. The number of anilines is 1. The summed E-state index contributed by atoms with van der Waals surface area (Å²) in [6.07, 6.45) is 0. The number of carbonyl (C=O) groups excluding carboxylic acids is 2. The Morgan fingerprint density at radius 3 is 2.48 bits per heavy atom. The van der Waals surface area contributed by atoms with Gasteiger partial charge in [-0.3, -0.25) is 14.5 Å². The van der Waals surface area contributed by atoms with Gasteiger partial charge in [-0.15, -0.1) is 11.8 Å². The number of morpholine rings is 1. The molecule has 0 aliphatic carbocycles. The second-order valence-corrected chi connectivity index (χ2v) is 12.0. The van der Waals surface area contributed by atoms with E-state index in [9.17, 15) is 9.59 Å². The van der Waals surface area contributed by atoms with Gasteiger partial charge in [0.1, 0.15) is 23.9 Å². The van der Waals surface area contributed by atoms with Crippen LogP contribution in [-0.4, -0.2) is 79.3 Å². The van der Waals surface area contributed by atoms with E-state index in [0.29, 0.717) is 43.6 Å². The minimum atomic E-state index is -0.350. The largest absolute Gasteiger partial charge is 0.497 e. The SMILES string of the molecule is COc1ccc(OC)c([C@H]2SCC(=O)N(CC(=O)N3CCOCC3)c3c2c(-c2ccccc2)nn3-c2ccc(C)cc2C)c1. The lowest BCUT2D eigenvalue weighted by Gasteiger charge is -2.30. The molecule has 0 saturated carbocycles. The molecular weight excluding hydrogens is 576 g/mol. The van der Waals surface area contributed by atoms with Gasteiger partial charge < -0.3 is 19.1 Å². The van der Waals surface area contributed by atoms with Crippen molar-refractivity contribution < 1.29 is 23.8 Å². The standard InChI is InChI=1S/C34H36N4O5S/c1-22-10-12-27(23(2)18-22)38-34-31(32(35-38)24-8-6-5-7-9-24)33(26-19-25(41-3)11-13-28(26)42-4)44-21-30(40)37(34)20-29(39)36-14-16-43-17-15-36/h5-13,18-19,33H,14-17,20-21H2,1-4H3/t33-/m1/s1. The molecule has 0 unspecified atom stereocenters. The third-order valence-electron chi connectivity index (χ3n) is 8.09. The zero-order valence-electron chi connectivity index (χ0n) is 25.4. The molecule has 2 aliphatic rings. The molecule has 2 amide bonds. The number of hydrogen-bond acceptors (Lipinski definition) is 7. The maximum absolute atomic E-state index is 14.1. The Morgan fingerprint density at radius 2 is 1.77 bits per heavy atom. The van der Waals surface area contributed by atoms with Crippen molar-refractivity contribution >= 4 is 29.4 Å². The zero-order chi connectivity index (χ0) is 30.8. The molecule has 228 valence electrons. The Labute approximate surface area is 261 Å². The number of rotatable bonds is 7. The van der Waals surface area contributed by atoms with Crippen molar-refractivity contribution in [3.8, 4) is 28.4 Å². The number of ether oxygens (including phenoxy) is 3. The first-order valence-corrected chi connectivity index (χ1v) is 15.7. The topological polar surface area (TPSA) is 86.1 Å². The van der Waals surface area contributed by atoms with E-state index >= 15 is 0 Å². The lowest BCUT2D eigenvalue weighted by atomic mass is 9.98. The molecule has 0 radical (unpaired) electrons. The van der Waals surface area contributed by atoms with E-state index in [1.54, 1.807) is 24.0 Å². The summed E-state index contributed by atoms with van der Waals surface area (Å²) in [6, 6.07) is 21.9. The van der Waals surface area contributed by atoms with E-state index in [-0.39, 0.29) is 29.4 Å². The van der Waals surface area contributed by atoms with Gasteiger partial charge in [-0.1, -0.05) is 48.0 Å². The summed E-state index contributed by atoms with van der Waals surface area (Å²) < 4.78 is 18.8. The van der Waals surface area contributed by atoms with Crippen molar-refractivity contribution in [2.75, 3.05) is 57.7 Å². The number of carbonyl (C=O) groups is 2. The number of aryl methyl sites for hydroxylation is 2. The van der Waals surface area contributed by atoms with Crippen LogP contribution in [-0.2, 0) is 14.3 Å². The van der Waals surface area contributed by atoms with Gasteiger partial charge in [0.25, 0.3) is 0 Å². The van der Waals surface area contributed by atoms with Crippen LogP contribution in [0.15, 0.2) is 66.7 Å². The Hall–Kier alpha value is -4.28. The Balaban J connectivity index is 1.63. The first kappa shape index (κ1) is 29.8. The van der Waals surface area contributed by atoms with Gasteiger partial charge in [-0.25, -0.2) is 4.68 Å². The van der Waals surface area contributed by atoms with Crippen LogP contribution in [0.5, 0.6) is 11.5 Å². The second-order valence-electron chi connectivity index (χ2n) is 10.9. The fourth-order valence-electron chi connectivity index (χ4n) is 5.88. The lowest BCUT2D eigenvalue weighted by Crippen LogP contribution is -2.48. The fourth-order valence-corrected chi connectivity index (χ4v) is 7.09. The van der Waals surface area contributed by atoms with Crippen molar-refractivity contribution in [2.24, 2.45) is 0 Å². The van der Waals surface area contributed by atoms with Crippen molar-refractivity contribution in [1.82, 2.24) is 14.7 Å². The van der Waals surface area contributed by atoms with Crippen LogP contribution >= 0.6 is 11.8 Å². The summed E-state index contributed by atoms with van der Waals surface area (Å²) >= 11 is 1.50. The van der Waals surface area contributed by atoms with Crippen molar-refractivity contribution in [2.45, 2.75) is 19.1 Å².